The summed E-state index contributed by atoms with van der Waals surface area (Å²) in [5.74, 6) is 0. The molecule has 88 valence electrons. The second-order valence-corrected chi connectivity index (χ2v) is 4.81. The fourth-order valence-electron chi connectivity index (χ4n) is 2.74. The fraction of sp³-hybridized carbons (Fsp3) is 1.00. The quantitative estimate of drug-likeness (QED) is 0.336. The lowest BCUT2D eigenvalue weighted by Crippen LogP contribution is -2.58. The molecule has 1 aliphatic heterocycles. The summed E-state index contributed by atoms with van der Waals surface area (Å²) in [6, 6.07) is 0. The lowest BCUT2D eigenvalue weighted by molar-refractivity contribution is -0.287. The maximum absolute atomic E-state index is 10.1. The maximum atomic E-state index is 10.1. The van der Waals surface area contributed by atoms with Crippen LogP contribution in [0.25, 0.3) is 0 Å². The Labute approximate surface area is 86.7 Å². The van der Waals surface area contributed by atoms with E-state index in [0.29, 0.717) is 0 Å². The average molecular weight is 220 g/mol. The Hall–Kier alpha value is -0.240. The van der Waals surface area contributed by atoms with E-state index in [1.54, 1.807) is 0 Å². The van der Waals surface area contributed by atoms with Crippen LogP contribution >= 0.6 is 0 Å². The van der Waals surface area contributed by atoms with Gasteiger partial charge in [0.15, 0.2) is 11.9 Å². The molecule has 15 heavy (non-hydrogen) atoms. The van der Waals surface area contributed by atoms with E-state index in [0.717, 1.165) is 0 Å². The first-order chi connectivity index (χ1) is 6.75. The van der Waals surface area contributed by atoms with Crippen molar-refractivity contribution in [1.29, 1.82) is 0 Å². The number of aliphatic hydroxyl groups is 5. The van der Waals surface area contributed by atoms with Gasteiger partial charge in [0, 0.05) is 5.41 Å². The first-order valence-corrected chi connectivity index (χ1v) is 4.82. The molecule has 2 rings (SSSR count). The van der Waals surface area contributed by atoms with Crippen LogP contribution in [0.3, 0.4) is 0 Å². The summed E-state index contributed by atoms with van der Waals surface area (Å²) >= 11 is 0. The largest absolute Gasteiger partial charge is 0.394 e. The van der Waals surface area contributed by atoms with E-state index in [1.807, 2.05) is 0 Å². The second-order valence-electron chi connectivity index (χ2n) is 4.81. The molecule has 0 radical (unpaired) electrons. The predicted octanol–water partition coefficient (Wildman–Crippen LogP) is -2.44. The van der Waals surface area contributed by atoms with Gasteiger partial charge in [-0.3, -0.25) is 0 Å². The Bertz CT molecular complexity index is 292. The van der Waals surface area contributed by atoms with E-state index in [-0.39, 0.29) is 0 Å². The van der Waals surface area contributed by atoms with Gasteiger partial charge in [-0.1, -0.05) is 13.8 Å². The number of rotatable bonds is 1. The minimum atomic E-state index is -1.88. The Morgan fingerprint density at radius 2 is 1.67 bits per heavy atom. The van der Waals surface area contributed by atoms with Crippen LogP contribution in [0.5, 0.6) is 0 Å². The fourth-order valence-corrected chi connectivity index (χ4v) is 2.74. The summed E-state index contributed by atoms with van der Waals surface area (Å²) in [7, 11) is 0. The second kappa shape index (κ2) is 2.71. The Morgan fingerprint density at radius 1 is 1.13 bits per heavy atom. The number of ether oxygens (including phenoxy) is 1. The zero-order valence-corrected chi connectivity index (χ0v) is 8.58. The van der Waals surface area contributed by atoms with E-state index < -0.39 is 41.7 Å². The van der Waals surface area contributed by atoms with Crippen LogP contribution in [0.15, 0.2) is 0 Å². The van der Waals surface area contributed by atoms with Gasteiger partial charge in [-0.25, -0.2) is 0 Å². The SMILES string of the molecule is CC1(C)[C@]2(O)[C@H](O)[C@@H](CO)OC(O)[C@]12O. The monoisotopic (exact) mass is 220 g/mol. The van der Waals surface area contributed by atoms with E-state index in [2.05, 4.69) is 0 Å². The molecule has 0 aromatic carbocycles. The summed E-state index contributed by atoms with van der Waals surface area (Å²) in [6.45, 7) is 2.50. The molecule has 1 saturated heterocycles. The minimum absolute atomic E-state index is 0.535. The molecule has 0 aromatic heterocycles. The molecule has 6 nitrogen and oxygen atoms in total. The molecule has 1 aliphatic carbocycles. The summed E-state index contributed by atoms with van der Waals surface area (Å²) in [5, 5.41) is 48.3. The number of fused-ring (bicyclic) bond motifs is 1. The van der Waals surface area contributed by atoms with Crippen molar-refractivity contribution in [3.8, 4) is 0 Å². The van der Waals surface area contributed by atoms with E-state index >= 15 is 0 Å². The lowest BCUT2D eigenvalue weighted by Gasteiger charge is -2.36. The molecule has 1 unspecified atom stereocenters. The lowest BCUT2D eigenvalue weighted by atomic mass is 9.97. The zero-order valence-electron chi connectivity index (χ0n) is 8.58. The molecular formula is C9H16O6. The maximum Gasteiger partial charge on any atom is 0.187 e. The molecular weight excluding hydrogens is 204 g/mol. The molecule has 5 N–H and O–H groups in total. The van der Waals surface area contributed by atoms with Gasteiger partial charge in [0.05, 0.1) is 6.61 Å². The highest BCUT2D eigenvalue weighted by molar-refractivity contribution is 5.37. The van der Waals surface area contributed by atoms with Crippen LogP contribution in [0.1, 0.15) is 13.8 Å². The van der Waals surface area contributed by atoms with Crippen molar-refractivity contribution >= 4 is 0 Å². The topological polar surface area (TPSA) is 110 Å². The van der Waals surface area contributed by atoms with Gasteiger partial charge >= 0.3 is 0 Å². The van der Waals surface area contributed by atoms with Gasteiger partial charge < -0.3 is 30.3 Å². The van der Waals surface area contributed by atoms with Gasteiger partial charge in [0.25, 0.3) is 0 Å². The van der Waals surface area contributed by atoms with Crippen LogP contribution in [0.4, 0.5) is 0 Å². The van der Waals surface area contributed by atoms with Crippen molar-refractivity contribution in [2.24, 2.45) is 5.41 Å². The predicted molar refractivity (Wildman–Crippen MR) is 47.7 cm³/mol. The highest BCUT2D eigenvalue weighted by Crippen LogP contribution is 2.70. The van der Waals surface area contributed by atoms with Gasteiger partial charge in [-0.2, -0.15) is 0 Å². The molecule has 0 spiro atoms. The Balaban J connectivity index is 2.39. The normalized spacial score (nSPS) is 57.4. The van der Waals surface area contributed by atoms with Crippen molar-refractivity contribution in [2.45, 2.75) is 43.5 Å². The van der Waals surface area contributed by atoms with E-state index in [9.17, 15) is 20.4 Å². The molecule has 0 bridgehead atoms. The van der Waals surface area contributed by atoms with Gasteiger partial charge in [0.2, 0.25) is 0 Å². The van der Waals surface area contributed by atoms with Crippen LogP contribution < -0.4 is 0 Å². The van der Waals surface area contributed by atoms with Gasteiger partial charge in [-0.05, 0) is 0 Å². The first kappa shape index (κ1) is 11.3. The highest BCUT2D eigenvalue weighted by Gasteiger charge is 2.90. The van der Waals surface area contributed by atoms with Gasteiger partial charge in [-0.15, -0.1) is 0 Å². The van der Waals surface area contributed by atoms with Crippen LogP contribution in [-0.4, -0.2) is 61.8 Å². The molecule has 5 atom stereocenters. The van der Waals surface area contributed by atoms with Crippen molar-refractivity contribution < 1.29 is 30.3 Å². The summed E-state index contributed by atoms with van der Waals surface area (Å²) in [4.78, 5) is 0. The first-order valence-electron chi connectivity index (χ1n) is 4.82. The van der Waals surface area contributed by atoms with Crippen LogP contribution in [0.2, 0.25) is 0 Å². The molecule has 1 heterocycles. The van der Waals surface area contributed by atoms with Crippen molar-refractivity contribution in [3.05, 3.63) is 0 Å². The van der Waals surface area contributed by atoms with Crippen molar-refractivity contribution in [2.75, 3.05) is 6.61 Å². The molecule has 6 heteroatoms. The standard InChI is InChI=1S/C9H16O6/c1-7(2)8(13)5(11)4(3-10)15-6(12)9(7,8)14/h4-6,10-14H,3H2,1-2H3/t4-,5-,6?,8-,9+/m1/s1. The third-order valence-electron chi connectivity index (χ3n) is 4.05. The molecule has 2 aliphatic rings. The average Bonchev–Trinajstić information content (AvgIpc) is 2.54. The number of hydrogen-bond donors (Lipinski definition) is 5. The molecule has 0 amide bonds. The number of aliphatic hydroxyl groups excluding tert-OH is 3. The van der Waals surface area contributed by atoms with E-state index in [4.69, 9.17) is 9.84 Å². The van der Waals surface area contributed by atoms with Crippen molar-refractivity contribution in [1.82, 2.24) is 0 Å². The van der Waals surface area contributed by atoms with Gasteiger partial charge in [0.1, 0.15) is 17.8 Å². The highest BCUT2D eigenvalue weighted by atomic mass is 16.7. The van der Waals surface area contributed by atoms with E-state index in [1.165, 1.54) is 13.8 Å². The third kappa shape index (κ3) is 0.870. The number of hydrogen-bond acceptors (Lipinski definition) is 6. The smallest absolute Gasteiger partial charge is 0.187 e. The summed E-state index contributed by atoms with van der Waals surface area (Å²) in [6.07, 6.45) is -4.13. The van der Waals surface area contributed by atoms with Crippen molar-refractivity contribution in [3.63, 3.8) is 0 Å². The third-order valence-corrected chi connectivity index (χ3v) is 4.05. The molecule has 2 fully saturated rings. The summed E-state index contributed by atoms with van der Waals surface area (Å²) in [5.41, 5.74) is -4.81. The Morgan fingerprint density at radius 3 is 2.13 bits per heavy atom. The minimum Gasteiger partial charge on any atom is -0.394 e. The molecule has 0 aromatic rings. The van der Waals surface area contributed by atoms with Crippen LogP contribution in [0, 0.1) is 5.41 Å². The Kier molecular flexibility index (Phi) is 2.03. The molecule has 1 saturated carbocycles. The zero-order chi connectivity index (χ0) is 11.6. The van der Waals surface area contributed by atoms with Crippen LogP contribution in [-0.2, 0) is 4.74 Å². The summed E-state index contributed by atoms with van der Waals surface area (Å²) < 4.78 is 4.85.